The largest absolute Gasteiger partial charge is 0.486 e. The Balaban J connectivity index is 1.48. The number of para-hydroxylation sites is 2. The molecule has 7 nitrogen and oxygen atoms in total. The topological polar surface area (TPSA) is 84.9 Å². The van der Waals surface area contributed by atoms with E-state index in [1.807, 2.05) is 37.3 Å². The zero-order valence-corrected chi connectivity index (χ0v) is 19.1. The van der Waals surface area contributed by atoms with Gasteiger partial charge in [0, 0.05) is 0 Å². The summed E-state index contributed by atoms with van der Waals surface area (Å²) in [6.07, 6.45) is 0.463. The average Bonchev–Trinajstić information content (AvgIpc) is 2.86. The molecule has 1 atom stereocenters. The molecule has 1 amide bonds. The van der Waals surface area contributed by atoms with Crippen LogP contribution in [-0.4, -0.2) is 40.1 Å². The number of amides is 1. The first-order valence-corrected chi connectivity index (χ1v) is 12.2. The van der Waals surface area contributed by atoms with E-state index in [0.717, 1.165) is 16.3 Å². The van der Waals surface area contributed by atoms with E-state index < -0.39 is 15.9 Å². The lowest BCUT2D eigenvalue weighted by Gasteiger charge is -2.27. The maximum atomic E-state index is 13.4. The molecule has 3 aromatic carbocycles. The van der Waals surface area contributed by atoms with E-state index in [1.54, 1.807) is 36.4 Å². The highest BCUT2D eigenvalue weighted by molar-refractivity contribution is 7.92. The summed E-state index contributed by atoms with van der Waals surface area (Å²) < 4.78 is 39.4. The van der Waals surface area contributed by atoms with Crippen molar-refractivity contribution in [1.29, 1.82) is 0 Å². The minimum absolute atomic E-state index is 0.123. The molecule has 4 rings (SSSR count). The Kier molecular flexibility index (Phi) is 6.84. The fourth-order valence-corrected chi connectivity index (χ4v) is 4.95. The Hall–Kier alpha value is -3.52. The summed E-state index contributed by atoms with van der Waals surface area (Å²) in [5, 5.41) is 2.78. The Labute approximate surface area is 194 Å². The number of ether oxygens (including phenoxy) is 2. The first-order valence-electron chi connectivity index (χ1n) is 10.8. The van der Waals surface area contributed by atoms with Crippen LogP contribution in [0.1, 0.15) is 12.5 Å². The number of anilines is 1. The summed E-state index contributed by atoms with van der Waals surface area (Å²) in [5.41, 5.74) is 1.51. The number of hydrogen-bond acceptors (Lipinski definition) is 5. The number of carbonyl (C=O) groups is 1. The number of fused-ring (bicyclic) bond motifs is 1. The van der Waals surface area contributed by atoms with Crippen molar-refractivity contribution >= 4 is 21.6 Å². The highest BCUT2D eigenvalue weighted by atomic mass is 32.2. The van der Waals surface area contributed by atoms with Crippen molar-refractivity contribution in [3.05, 3.63) is 84.4 Å². The van der Waals surface area contributed by atoms with Gasteiger partial charge in [0.2, 0.25) is 5.91 Å². The molecule has 1 aliphatic rings. The fraction of sp³-hybridized carbons (Fsp3) is 0.240. The molecular formula is C25H26N2O5S. The van der Waals surface area contributed by atoms with E-state index in [4.69, 9.17) is 9.47 Å². The quantitative estimate of drug-likeness (QED) is 0.550. The SMILES string of the molecule is CCc1ccc(N(CC(=O)NCC2COc3ccccc3O2)S(=O)(=O)c2ccccc2)cc1. The van der Waals surface area contributed by atoms with Crippen molar-refractivity contribution in [3.8, 4) is 11.5 Å². The van der Waals surface area contributed by atoms with Gasteiger partial charge in [0.15, 0.2) is 11.5 Å². The first kappa shape index (κ1) is 22.7. The molecule has 1 unspecified atom stereocenters. The van der Waals surface area contributed by atoms with Gasteiger partial charge < -0.3 is 14.8 Å². The van der Waals surface area contributed by atoms with Crippen LogP contribution in [0.4, 0.5) is 5.69 Å². The van der Waals surface area contributed by atoms with E-state index in [-0.39, 0.29) is 24.1 Å². The minimum atomic E-state index is -3.94. The van der Waals surface area contributed by atoms with Gasteiger partial charge in [0.25, 0.3) is 10.0 Å². The van der Waals surface area contributed by atoms with Crippen molar-refractivity contribution in [3.63, 3.8) is 0 Å². The van der Waals surface area contributed by atoms with Crippen LogP contribution in [0.15, 0.2) is 83.8 Å². The smallest absolute Gasteiger partial charge is 0.264 e. The number of hydrogen-bond donors (Lipinski definition) is 1. The second-order valence-corrected chi connectivity index (χ2v) is 9.51. The second-order valence-electron chi connectivity index (χ2n) is 7.65. The molecular weight excluding hydrogens is 440 g/mol. The number of nitrogens with one attached hydrogen (secondary N) is 1. The Morgan fingerprint density at radius 2 is 1.64 bits per heavy atom. The molecule has 1 aliphatic heterocycles. The molecule has 0 saturated carbocycles. The van der Waals surface area contributed by atoms with Gasteiger partial charge >= 0.3 is 0 Å². The van der Waals surface area contributed by atoms with E-state index in [1.165, 1.54) is 12.1 Å². The predicted molar refractivity (Wildman–Crippen MR) is 126 cm³/mol. The third kappa shape index (κ3) is 5.28. The third-order valence-electron chi connectivity index (χ3n) is 5.35. The second kappa shape index (κ2) is 9.95. The van der Waals surface area contributed by atoms with Gasteiger partial charge in [0.05, 0.1) is 17.1 Å². The zero-order chi connectivity index (χ0) is 23.3. The van der Waals surface area contributed by atoms with Crippen LogP contribution in [0, 0.1) is 0 Å². The summed E-state index contributed by atoms with van der Waals surface area (Å²) in [6.45, 7) is 2.16. The van der Waals surface area contributed by atoms with Crippen LogP contribution in [-0.2, 0) is 21.2 Å². The molecule has 0 saturated heterocycles. The molecule has 1 N–H and O–H groups in total. The van der Waals surface area contributed by atoms with Crippen LogP contribution in [0.3, 0.4) is 0 Å². The lowest BCUT2D eigenvalue weighted by Crippen LogP contribution is -2.45. The van der Waals surface area contributed by atoms with E-state index in [0.29, 0.717) is 23.8 Å². The summed E-state index contributed by atoms with van der Waals surface area (Å²) in [6, 6.07) is 22.6. The summed E-state index contributed by atoms with van der Waals surface area (Å²) in [7, 11) is -3.94. The minimum Gasteiger partial charge on any atom is -0.486 e. The highest BCUT2D eigenvalue weighted by Crippen LogP contribution is 2.30. The fourth-order valence-electron chi connectivity index (χ4n) is 3.51. The van der Waals surface area contributed by atoms with Crippen molar-refractivity contribution < 1.29 is 22.7 Å². The Morgan fingerprint density at radius 1 is 0.970 bits per heavy atom. The van der Waals surface area contributed by atoms with Crippen LogP contribution < -0.4 is 19.1 Å². The molecule has 0 aromatic heterocycles. The molecule has 0 radical (unpaired) electrons. The van der Waals surface area contributed by atoms with Gasteiger partial charge in [-0.2, -0.15) is 0 Å². The maximum absolute atomic E-state index is 13.4. The van der Waals surface area contributed by atoms with Gasteiger partial charge in [-0.3, -0.25) is 9.10 Å². The number of sulfonamides is 1. The normalized spacial score (nSPS) is 15.0. The van der Waals surface area contributed by atoms with E-state index in [2.05, 4.69) is 5.32 Å². The summed E-state index contributed by atoms with van der Waals surface area (Å²) >= 11 is 0. The molecule has 0 spiro atoms. The summed E-state index contributed by atoms with van der Waals surface area (Å²) in [5.74, 6) is 0.847. The van der Waals surface area contributed by atoms with Crippen LogP contribution in [0.25, 0.3) is 0 Å². The van der Waals surface area contributed by atoms with E-state index >= 15 is 0 Å². The molecule has 0 bridgehead atoms. The molecule has 0 aliphatic carbocycles. The van der Waals surface area contributed by atoms with Crippen LogP contribution >= 0.6 is 0 Å². The molecule has 8 heteroatoms. The maximum Gasteiger partial charge on any atom is 0.264 e. The van der Waals surface area contributed by atoms with Gasteiger partial charge in [-0.1, -0.05) is 49.4 Å². The van der Waals surface area contributed by atoms with Gasteiger partial charge in [-0.05, 0) is 48.4 Å². The van der Waals surface area contributed by atoms with Crippen molar-refractivity contribution in [2.24, 2.45) is 0 Å². The number of aryl methyl sites for hydroxylation is 1. The van der Waals surface area contributed by atoms with Crippen molar-refractivity contribution in [2.45, 2.75) is 24.3 Å². The predicted octanol–water partition coefficient (Wildman–Crippen LogP) is 3.40. The molecule has 33 heavy (non-hydrogen) atoms. The molecule has 3 aromatic rings. The van der Waals surface area contributed by atoms with Crippen molar-refractivity contribution in [1.82, 2.24) is 5.32 Å². The van der Waals surface area contributed by atoms with Gasteiger partial charge in [-0.25, -0.2) is 8.42 Å². The summed E-state index contributed by atoms with van der Waals surface area (Å²) in [4.78, 5) is 12.9. The number of carbonyl (C=O) groups excluding carboxylic acids is 1. The van der Waals surface area contributed by atoms with Crippen LogP contribution in [0.2, 0.25) is 0 Å². The van der Waals surface area contributed by atoms with Crippen LogP contribution in [0.5, 0.6) is 11.5 Å². The Bertz CT molecular complexity index is 1200. The Morgan fingerprint density at radius 3 is 2.33 bits per heavy atom. The van der Waals surface area contributed by atoms with Crippen molar-refractivity contribution in [2.75, 3.05) is 24.0 Å². The zero-order valence-electron chi connectivity index (χ0n) is 18.3. The lowest BCUT2D eigenvalue weighted by atomic mass is 10.1. The highest BCUT2D eigenvalue weighted by Gasteiger charge is 2.28. The van der Waals surface area contributed by atoms with Gasteiger partial charge in [0.1, 0.15) is 19.3 Å². The standard InChI is InChI=1S/C25H26N2O5S/c1-2-19-12-14-20(15-13-19)27(33(29,30)22-8-4-3-5-9-22)17-25(28)26-16-21-18-31-23-10-6-7-11-24(23)32-21/h3-15,21H,2,16-18H2,1H3,(H,26,28). The average molecular weight is 467 g/mol. The number of benzene rings is 3. The monoisotopic (exact) mass is 466 g/mol. The molecule has 1 heterocycles. The lowest BCUT2D eigenvalue weighted by molar-refractivity contribution is -0.120. The first-order chi connectivity index (χ1) is 16.0. The van der Waals surface area contributed by atoms with E-state index in [9.17, 15) is 13.2 Å². The number of rotatable bonds is 8. The third-order valence-corrected chi connectivity index (χ3v) is 7.13. The number of nitrogens with zero attached hydrogens (tertiary/aromatic N) is 1. The molecule has 0 fully saturated rings. The molecule has 172 valence electrons. The van der Waals surface area contributed by atoms with Gasteiger partial charge in [-0.15, -0.1) is 0 Å².